The summed E-state index contributed by atoms with van der Waals surface area (Å²) in [5, 5.41) is 19.1. The number of halogens is 1. The first-order valence-corrected chi connectivity index (χ1v) is 11.8. The summed E-state index contributed by atoms with van der Waals surface area (Å²) in [7, 11) is -3.59. The summed E-state index contributed by atoms with van der Waals surface area (Å²) >= 11 is 0. The molecule has 0 amide bonds. The zero-order valence-corrected chi connectivity index (χ0v) is 19.5. The van der Waals surface area contributed by atoms with E-state index in [0.717, 1.165) is 16.8 Å². The Hall–Kier alpha value is -2.68. The molecule has 174 valence electrons. The van der Waals surface area contributed by atoms with E-state index in [0.29, 0.717) is 31.2 Å². The van der Waals surface area contributed by atoms with Gasteiger partial charge in [0.25, 0.3) is 10.2 Å². The van der Waals surface area contributed by atoms with Crippen molar-refractivity contribution in [3.63, 3.8) is 0 Å². The molecular weight excluding hydrogens is 466 g/mol. The lowest BCUT2D eigenvalue weighted by Crippen LogP contribution is -2.36. The molecule has 0 bridgehead atoms. The Morgan fingerprint density at radius 1 is 1.27 bits per heavy atom. The molecule has 3 N–H and O–H groups in total. The Morgan fingerprint density at radius 3 is 2.61 bits per heavy atom. The highest BCUT2D eigenvalue weighted by Crippen LogP contribution is 2.51. The molecule has 1 saturated carbocycles. The van der Waals surface area contributed by atoms with Gasteiger partial charge in [0.15, 0.2) is 5.76 Å². The van der Waals surface area contributed by atoms with Crippen LogP contribution in [0.3, 0.4) is 0 Å². The molecule has 0 spiro atoms. The van der Waals surface area contributed by atoms with E-state index in [1.54, 1.807) is 19.3 Å². The first-order chi connectivity index (χ1) is 15.3. The average Bonchev–Trinajstić information content (AvgIpc) is 3.24. The Morgan fingerprint density at radius 2 is 1.97 bits per heavy atom. The Bertz CT molecular complexity index is 1290. The van der Waals surface area contributed by atoms with Gasteiger partial charge in [-0.15, -0.1) is 12.4 Å². The van der Waals surface area contributed by atoms with Crippen LogP contribution >= 0.6 is 12.4 Å². The summed E-state index contributed by atoms with van der Waals surface area (Å²) < 4.78 is 31.5. The summed E-state index contributed by atoms with van der Waals surface area (Å²) in [5.41, 5.74) is 2.52. The third kappa shape index (κ3) is 4.83. The van der Waals surface area contributed by atoms with Gasteiger partial charge in [0, 0.05) is 48.6 Å². The number of aliphatic hydroxyl groups is 1. The molecule has 1 aliphatic heterocycles. The van der Waals surface area contributed by atoms with Crippen LogP contribution in [0, 0.1) is 29.6 Å². The number of hydrogen-bond acceptors (Lipinski definition) is 6. The van der Waals surface area contributed by atoms with E-state index < -0.39 is 16.3 Å². The summed E-state index contributed by atoms with van der Waals surface area (Å²) in [6.45, 7) is 3.06. The molecular formula is C22H24ClN5O4S. The smallest absolute Gasteiger partial charge is 0.276 e. The van der Waals surface area contributed by atoms with Gasteiger partial charge in [0.05, 0.1) is 6.54 Å². The molecule has 9 nitrogen and oxygen atoms in total. The number of benzene rings is 1. The second-order valence-electron chi connectivity index (χ2n) is 8.33. The largest absolute Gasteiger partial charge is 0.385 e. The zero-order valence-electron chi connectivity index (χ0n) is 17.8. The molecule has 1 saturated heterocycles. The normalized spacial score (nSPS) is 22.7. The molecule has 2 aromatic heterocycles. The molecule has 2 fully saturated rings. The van der Waals surface area contributed by atoms with E-state index >= 15 is 0 Å². The van der Waals surface area contributed by atoms with Gasteiger partial charge in [0.1, 0.15) is 17.6 Å². The number of aliphatic hydroxyl groups excluding tert-OH is 1. The molecule has 4 atom stereocenters. The molecule has 5 rings (SSSR count). The molecule has 3 heterocycles. The van der Waals surface area contributed by atoms with Crippen molar-refractivity contribution in [1.82, 2.24) is 19.0 Å². The van der Waals surface area contributed by atoms with Gasteiger partial charge < -0.3 is 14.2 Å². The van der Waals surface area contributed by atoms with Gasteiger partial charge in [-0.05, 0) is 43.0 Å². The van der Waals surface area contributed by atoms with Crippen LogP contribution in [0.5, 0.6) is 0 Å². The fourth-order valence-electron chi connectivity index (χ4n) is 4.31. The maximum atomic E-state index is 11.4. The standard InChI is InChI=1S/C22H23N5O4S.ClH/c1-14(28)22-24-8-9-26(22)11-17-10-21(31-25-17)16-5-2-15(3-6-16)4-7-18-19-12-27(13-20(18)19)32(23,29)30;/h2-3,5-6,8-10,14,18-20,28H,11-13H2,1H3,(H2,23,29,30);1H/t14-,18-,19+,20-;/m0./s1. The van der Waals surface area contributed by atoms with Gasteiger partial charge in [-0.2, -0.15) is 12.7 Å². The minimum absolute atomic E-state index is 0. The van der Waals surface area contributed by atoms with Crippen molar-refractivity contribution in [3.8, 4) is 23.2 Å². The number of nitrogens with two attached hydrogens (primary N) is 1. The molecule has 1 aromatic carbocycles. The number of fused-ring (bicyclic) bond motifs is 1. The van der Waals surface area contributed by atoms with Crippen molar-refractivity contribution >= 4 is 22.6 Å². The lowest BCUT2D eigenvalue weighted by Gasteiger charge is -2.14. The van der Waals surface area contributed by atoms with Crippen LogP contribution in [0.4, 0.5) is 0 Å². The van der Waals surface area contributed by atoms with E-state index in [9.17, 15) is 13.5 Å². The van der Waals surface area contributed by atoms with Crippen LogP contribution in [-0.4, -0.2) is 45.6 Å². The minimum atomic E-state index is -3.59. The maximum Gasteiger partial charge on any atom is 0.276 e. The number of hydrogen-bond donors (Lipinski definition) is 2. The number of piperidine rings is 1. The third-order valence-corrected chi connectivity index (χ3v) is 7.10. The van der Waals surface area contributed by atoms with Crippen LogP contribution in [-0.2, 0) is 16.8 Å². The fraction of sp³-hybridized carbons (Fsp3) is 0.364. The Labute approximate surface area is 198 Å². The van der Waals surface area contributed by atoms with Crippen molar-refractivity contribution in [2.45, 2.75) is 19.6 Å². The lowest BCUT2D eigenvalue weighted by molar-refractivity contribution is 0.184. The van der Waals surface area contributed by atoms with Crippen molar-refractivity contribution in [1.29, 1.82) is 0 Å². The molecule has 33 heavy (non-hydrogen) atoms. The van der Waals surface area contributed by atoms with Crippen molar-refractivity contribution in [3.05, 3.63) is 59.8 Å². The fourth-order valence-corrected chi connectivity index (χ4v) is 5.07. The number of aromatic nitrogens is 3. The predicted molar refractivity (Wildman–Crippen MR) is 123 cm³/mol. The van der Waals surface area contributed by atoms with E-state index in [1.807, 2.05) is 34.9 Å². The van der Waals surface area contributed by atoms with Gasteiger partial charge in [-0.1, -0.05) is 17.0 Å². The SMILES string of the molecule is C[C@H](O)c1nccn1Cc1cc(-c2ccc(C#C[C@H]3[C@H]4CN(S(N)(=O)=O)C[C@@H]34)cc2)on1.Cl. The van der Waals surface area contributed by atoms with Gasteiger partial charge >= 0.3 is 0 Å². The summed E-state index contributed by atoms with van der Waals surface area (Å²) in [6.07, 6.45) is 2.78. The van der Waals surface area contributed by atoms with E-state index in [-0.39, 0.29) is 30.2 Å². The average molecular weight is 490 g/mol. The van der Waals surface area contributed by atoms with Crippen LogP contribution in [0.25, 0.3) is 11.3 Å². The number of rotatable bonds is 5. The number of imidazole rings is 1. The van der Waals surface area contributed by atoms with Crippen LogP contribution < -0.4 is 5.14 Å². The van der Waals surface area contributed by atoms with Gasteiger partial charge in [-0.25, -0.2) is 10.1 Å². The predicted octanol–water partition coefficient (Wildman–Crippen LogP) is 1.79. The Balaban J connectivity index is 0.00000259. The Kier molecular flexibility index (Phi) is 6.35. The summed E-state index contributed by atoms with van der Waals surface area (Å²) in [6, 6.07) is 9.60. The third-order valence-electron chi connectivity index (χ3n) is 6.09. The molecule has 11 heteroatoms. The first-order valence-electron chi connectivity index (χ1n) is 10.3. The first kappa shape index (κ1) is 23.5. The van der Waals surface area contributed by atoms with Crippen molar-refractivity contribution in [2.24, 2.45) is 22.9 Å². The van der Waals surface area contributed by atoms with E-state index in [2.05, 4.69) is 22.0 Å². The maximum absolute atomic E-state index is 11.4. The second kappa shape index (κ2) is 8.93. The zero-order chi connectivity index (χ0) is 22.5. The van der Waals surface area contributed by atoms with Crippen LogP contribution in [0.2, 0.25) is 0 Å². The highest BCUT2D eigenvalue weighted by Gasteiger charge is 2.56. The highest BCUT2D eigenvalue weighted by atomic mass is 35.5. The minimum Gasteiger partial charge on any atom is -0.385 e. The lowest BCUT2D eigenvalue weighted by atomic mass is 10.1. The van der Waals surface area contributed by atoms with Crippen molar-refractivity contribution in [2.75, 3.05) is 13.1 Å². The molecule has 2 aliphatic rings. The van der Waals surface area contributed by atoms with E-state index in [1.165, 1.54) is 4.31 Å². The highest BCUT2D eigenvalue weighted by molar-refractivity contribution is 7.86. The quantitative estimate of drug-likeness (QED) is 0.526. The summed E-state index contributed by atoms with van der Waals surface area (Å²) in [4.78, 5) is 4.16. The second-order valence-corrected chi connectivity index (χ2v) is 9.88. The van der Waals surface area contributed by atoms with Crippen molar-refractivity contribution < 1.29 is 18.0 Å². The summed E-state index contributed by atoms with van der Waals surface area (Å²) in [5.74, 6) is 8.51. The molecule has 0 radical (unpaired) electrons. The molecule has 1 aliphatic carbocycles. The molecule has 3 aromatic rings. The van der Waals surface area contributed by atoms with Gasteiger partial charge in [-0.3, -0.25) is 0 Å². The topological polar surface area (TPSA) is 127 Å². The van der Waals surface area contributed by atoms with E-state index in [4.69, 9.17) is 9.66 Å². The molecule has 0 unspecified atom stereocenters. The van der Waals surface area contributed by atoms with Gasteiger partial charge in [0.2, 0.25) is 0 Å². The van der Waals surface area contributed by atoms with Crippen LogP contribution in [0.15, 0.2) is 47.2 Å². The number of nitrogens with zero attached hydrogens (tertiary/aromatic N) is 4. The monoisotopic (exact) mass is 489 g/mol. The van der Waals surface area contributed by atoms with Crippen LogP contribution in [0.1, 0.15) is 30.1 Å².